The molecule has 0 radical (unpaired) electrons. The third-order valence-corrected chi connectivity index (χ3v) is 10.1. The summed E-state index contributed by atoms with van der Waals surface area (Å²) < 4.78 is 5.94. The molecule has 12 heteroatoms. The molecular weight excluding hydrogens is 594 g/mol. The second kappa shape index (κ2) is 11.8. The number of phenols is 1. The number of likely N-dealkylation sites (tertiary alicyclic amines) is 1. The number of nitrogens with one attached hydrogen (secondary N) is 1. The number of nitrogens with zero attached hydrogens (tertiary/aromatic N) is 2. The molecule has 1 saturated heterocycles. The fourth-order valence-electron chi connectivity index (χ4n) is 7.76. The van der Waals surface area contributed by atoms with E-state index >= 15 is 0 Å². The van der Waals surface area contributed by atoms with Gasteiger partial charge in [0.1, 0.15) is 28.9 Å². The van der Waals surface area contributed by atoms with Crippen LogP contribution in [0.3, 0.4) is 0 Å². The number of fused-ring (bicyclic) bond motifs is 3. The average molecular weight is 640 g/mol. The Hall–Kier alpha value is -3.74. The van der Waals surface area contributed by atoms with Crippen molar-refractivity contribution < 1.29 is 44.3 Å². The maximum atomic E-state index is 14.6. The summed E-state index contributed by atoms with van der Waals surface area (Å²) in [4.78, 5) is 58.6. The van der Waals surface area contributed by atoms with E-state index in [1.807, 2.05) is 25.7 Å². The van der Waals surface area contributed by atoms with Crippen LogP contribution in [0.25, 0.3) is 5.76 Å². The van der Waals surface area contributed by atoms with Crippen LogP contribution in [0.5, 0.6) is 5.75 Å². The standard InChI is InChI=1S/C34H45N3O9/c1-8-19(38)46-29-20-16(2)17-11-12-18(33(3,4)5)26(39)21(17)27(40)22(20)30(42)34(45)24(29)25(36(6)7)28(41)23(31(34)43)32(44)35-15-37-13-9-10-14-37/h11-12,16,20,24-25,29,39-40,43,45H,8-10,13-15H2,1-7H3,(H,35,44)/t16-,20-,24-,25+,29-,34-/m0/s1. The van der Waals surface area contributed by atoms with Crippen molar-refractivity contribution in [2.75, 3.05) is 33.9 Å². The first-order valence-electron chi connectivity index (χ1n) is 15.9. The third-order valence-electron chi connectivity index (χ3n) is 10.1. The number of carbonyl (C=O) groups is 4. The average Bonchev–Trinajstić information content (AvgIpc) is 3.50. The number of benzene rings is 1. The SMILES string of the molecule is CCC(=O)O[C@H]1[C@@H]2C(=C(O)c3c(ccc(C(C)(C)C)c3O)[C@@H]2C)C(=O)[C@]2(O)C(O)=C(C(=O)NCN3CCCC3)C(=O)[C@H](N(C)C)[C@@H]12. The number of amides is 1. The Morgan fingerprint density at radius 2 is 1.74 bits per heavy atom. The first kappa shape index (κ1) is 33.6. The Morgan fingerprint density at radius 1 is 1.11 bits per heavy atom. The van der Waals surface area contributed by atoms with E-state index in [0.29, 0.717) is 11.1 Å². The minimum atomic E-state index is -2.93. The highest BCUT2D eigenvalue weighted by Crippen LogP contribution is 2.57. The molecule has 6 atom stereocenters. The van der Waals surface area contributed by atoms with Gasteiger partial charge < -0.3 is 30.5 Å². The fourth-order valence-corrected chi connectivity index (χ4v) is 7.76. The molecule has 0 unspecified atom stereocenters. The molecule has 1 aromatic carbocycles. The van der Waals surface area contributed by atoms with Crippen LogP contribution in [0, 0.1) is 11.8 Å². The molecule has 0 bridgehead atoms. The van der Waals surface area contributed by atoms with Crippen LogP contribution >= 0.6 is 0 Å². The normalized spacial score (nSPS) is 29.9. The number of hydrogen-bond acceptors (Lipinski definition) is 11. The number of rotatable bonds is 6. The van der Waals surface area contributed by atoms with Crippen molar-refractivity contribution in [3.05, 3.63) is 45.7 Å². The lowest BCUT2D eigenvalue weighted by Crippen LogP contribution is -2.71. The lowest BCUT2D eigenvalue weighted by molar-refractivity contribution is -0.185. The number of likely N-dealkylation sites (N-methyl/N-ethyl adjacent to an activating group) is 1. The molecule has 5 N–H and O–H groups in total. The van der Waals surface area contributed by atoms with Crippen LogP contribution in [0.1, 0.15) is 76.5 Å². The van der Waals surface area contributed by atoms with Crippen LogP contribution in [0.15, 0.2) is 29.0 Å². The molecule has 1 saturated carbocycles. The third kappa shape index (κ3) is 5.01. The summed E-state index contributed by atoms with van der Waals surface area (Å²) in [5, 5.41) is 50.0. The van der Waals surface area contributed by atoms with Crippen molar-refractivity contribution in [2.45, 2.75) is 83.0 Å². The van der Waals surface area contributed by atoms with Gasteiger partial charge in [-0.15, -0.1) is 0 Å². The molecule has 1 aliphatic heterocycles. The second-order valence-electron chi connectivity index (χ2n) is 14.2. The van der Waals surface area contributed by atoms with Crippen molar-refractivity contribution in [1.82, 2.24) is 15.1 Å². The van der Waals surface area contributed by atoms with Gasteiger partial charge in [-0.25, -0.2) is 0 Å². The summed E-state index contributed by atoms with van der Waals surface area (Å²) in [7, 11) is 3.06. The Bertz CT molecular complexity index is 1550. The molecule has 4 aliphatic rings. The molecule has 5 rings (SSSR count). The first-order chi connectivity index (χ1) is 21.5. The number of phenolic OH excluding ortho intramolecular Hbond substituents is 1. The van der Waals surface area contributed by atoms with E-state index in [-0.39, 0.29) is 30.0 Å². The van der Waals surface area contributed by atoms with Crippen LogP contribution < -0.4 is 5.32 Å². The van der Waals surface area contributed by atoms with Crippen LogP contribution in [-0.2, 0) is 29.3 Å². The number of carbonyl (C=O) groups excluding carboxylic acids is 4. The van der Waals surface area contributed by atoms with Gasteiger partial charge in [-0.1, -0.05) is 46.8 Å². The van der Waals surface area contributed by atoms with Gasteiger partial charge >= 0.3 is 5.97 Å². The molecule has 1 heterocycles. The predicted octanol–water partition coefficient (Wildman–Crippen LogP) is 2.44. The number of aromatic hydroxyl groups is 1. The Morgan fingerprint density at radius 3 is 2.30 bits per heavy atom. The first-order valence-corrected chi connectivity index (χ1v) is 15.9. The van der Waals surface area contributed by atoms with Gasteiger partial charge in [-0.2, -0.15) is 0 Å². The fraction of sp³-hybridized carbons (Fsp3) is 0.588. The van der Waals surface area contributed by atoms with Crippen LogP contribution in [-0.4, -0.2) is 105 Å². The monoisotopic (exact) mass is 639 g/mol. The summed E-state index contributed by atoms with van der Waals surface area (Å²) in [5.74, 6) is -8.90. The highest BCUT2D eigenvalue weighted by atomic mass is 16.5. The van der Waals surface area contributed by atoms with Crippen molar-refractivity contribution in [3.8, 4) is 5.75 Å². The van der Waals surface area contributed by atoms with Crippen molar-refractivity contribution in [1.29, 1.82) is 0 Å². The van der Waals surface area contributed by atoms with Crippen molar-refractivity contribution >= 4 is 29.2 Å². The molecule has 2 fully saturated rings. The van der Waals surface area contributed by atoms with E-state index < -0.39 is 81.4 Å². The summed E-state index contributed by atoms with van der Waals surface area (Å²) in [6.07, 6.45) is 0.439. The zero-order valence-corrected chi connectivity index (χ0v) is 27.5. The zero-order valence-electron chi connectivity index (χ0n) is 27.5. The van der Waals surface area contributed by atoms with Gasteiger partial charge in [0.2, 0.25) is 5.78 Å². The Kier molecular flexibility index (Phi) is 8.63. The van der Waals surface area contributed by atoms with Gasteiger partial charge in [-0.05, 0) is 56.9 Å². The van der Waals surface area contributed by atoms with E-state index in [0.717, 1.165) is 25.9 Å². The number of ketones is 2. The van der Waals surface area contributed by atoms with Gasteiger partial charge in [0.05, 0.1) is 24.2 Å². The highest BCUT2D eigenvalue weighted by Gasteiger charge is 2.69. The number of ether oxygens (including phenoxy) is 1. The topological polar surface area (TPSA) is 177 Å². The lowest BCUT2D eigenvalue weighted by atomic mass is 9.54. The summed E-state index contributed by atoms with van der Waals surface area (Å²) in [6, 6.07) is 2.11. The molecule has 46 heavy (non-hydrogen) atoms. The summed E-state index contributed by atoms with van der Waals surface area (Å²) >= 11 is 0. The lowest BCUT2D eigenvalue weighted by Gasteiger charge is -2.54. The Labute approximate surface area is 268 Å². The highest BCUT2D eigenvalue weighted by molar-refractivity contribution is 6.25. The van der Waals surface area contributed by atoms with Crippen molar-refractivity contribution in [3.63, 3.8) is 0 Å². The molecule has 0 spiro atoms. The molecule has 1 amide bonds. The van der Waals surface area contributed by atoms with Crippen LogP contribution in [0.2, 0.25) is 0 Å². The molecular formula is C34H45N3O9. The van der Waals surface area contributed by atoms with Crippen LogP contribution in [0.4, 0.5) is 0 Å². The predicted molar refractivity (Wildman–Crippen MR) is 168 cm³/mol. The van der Waals surface area contributed by atoms with Gasteiger partial charge in [0.25, 0.3) is 5.91 Å². The molecule has 12 nitrogen and oxygen atoms in total. The molecule has 250 valence electrons. The van der Waals surface area contributed by atoms with E-state index in [1.165, 1.54) is 19.0 Å². The number of aliphatic hydroxyl groups excluding tert-OH is 2. The maximum absolute atomic E-state index is 14.6. The smallest absolute Gasteiger partial charge is 0.305 e. The van der Waals surface area contributed by atoms with Gasteiger partial charge in [0.15, 0.2) is 11.4 Å². The largest absolute Gasteiger partial charge is 0.508 e. The van der Waals surface area contributed by atoms with Gasteiger partial charge in [0, 0.05) is 23.5 Å². The van der Waals surface area contributed by atoms with E-state index in [9.17, 15) is 39.6 Å². The molecule has 0 aromatic heterocycles. The molecule has 3 aliphatic carbocycles. The molecule has 1 aromatic rings. The number of aliphatic hydroxyl groups is 3. The Balaban J connectivity index is 1.76. The number of Topliss-reactive ketones (excluding diaryl/α,β-unsaturated/α-hetero) is 2. The van der Waals surface area contributed by atoms with E-state index in [2.05, 4.69) is 5.32 Å². The minimum Gasteiger partial charge on any atom is -0.508 e. The summed E-state index contributed by atoms with van der Waals surface area (Å²) in [6.45, 7) is 10.5. The number of esters is 1. The maximum Gasteiger partial charge on any atom is 0.305 e. The van der Waals surface area contributed by atoms with Gasteiger partial charge in [-0.3, -0.25) is 29.0 Å². The second-order valence-corrected chi connectivity index (χ2v) is 14.2. The number of hydrogen-bond donors (Lipinski definition) is 5. The quantitative estimate of drug-likeness (QED) is 0.228. The minimum absolute atomic E-state index is 0.00485. The summed E-state index contributed by atoms with van der Waals surface area (Å²) in [5.41, 5.74) is -3.60. The van der Waals surface area contributed by atoms with E-state index in [1.54, 1.807) is 26.0 Å². The zero-order chi connectivity index (χ0) is 34.0. The van der Waals surface area contributed by atoms with Crippen molar-refractivity contribution in [2.24, 2.45) is 11.8 Å². The van der Waals surface area contributed by atoms with E-state index in [4.69, 9.17) is 4.74 Å².